The van der Waals surface area contributed by atoms with Crippen molar-refractivity contribution in [3.05, 3.63) is 91.3 Å². The molecule has 42 heavy (non-hydrogen) atoms. The summed E-state index contributed by atoms with van der Waals surface area (Å²) < 4.78 is 77.0. The molecular formula is C28H24F3N5O5S. The summed E-state index contributed by atoms with van der Waals surface area (Å²) in [5, 5.41) is 11.8. The first-order chi connectivity index (χ1) is 20.1. The number of alkyl halides is 3. The van der Waals surface area contributed by atoms with Crippen LogP contribution in [0.3, 0.4) is 0 Å². The zero-order chi connectivity index (χ0) is 29.5. The van der Waals surface area contributed by atoms with Gasteiger partial charge in [-0.05, 0) is 54.6 Å². The summed E-state index contributed by atoms with van der Waals surface area (Å²) in [5.74, 6) is 0.905. The van der Waals surface area contributed by atoms with Crippen molar-refractivity contribution < 1.29 is 36.2 Å². The highest BCUT2D eigenvalue weighted by Crippen LogP contribution is 2.48. The monoisotopic (exact) mass is 599 g/mol. The fraction of sp³-hybridized carbons (Fsp3) is 0.214. The zero-order valence-electron chi connectivity index (χ0n) is 21.7. The molecule has 2 aliphatic heterocycles. The minimum Gasteiger partial charge on any atom is -0.453 e. The number of nitrogens with one attached hydrogen (secondary N) is 1. The number of nitrogens with zero attached hydrogens (tertiary/aromatic N) is 4. The standard InChI is InChI=1S/C28H24F3N5O5S/c29-28(30,31)41-18-10-12-19(13-11-18)42(38,39)34-20-16-35(27-32-14-5-15-33-27)17-23(26(20)37)36-21-6-1-3-8-24(21)40-25-9-4-2-7-22(25)36/h1-15,20,23,26,34,37H,16-17H2/t20-,23+,26+/m1/s1. The number of piperidine rings is 1. The van der Waals surface area contributed by atoms with Crippen LogP contribution in [-0.2, 0) is 10.0 Å². The molecule has 0 spiro atoms. The van der Waals surface area contributed by atoms with Crippen molar-refractivity contribution in [3.8, 4) is 17.2 Å². The van der Waals surface area contributed by atoms with Crippen LogP contribution in [-0.4, -0.2) is 61.1 Å². The van der Waals surface area contributed by atoms with Crippen LogP contribution >= 0.6 is 0 Å². The van der Waals surface area contributed by atoms with Gasteiger partial charge in [0.1, 0.15) is 5.75 Å². The molecule has 1 fully saturated rings. The van der Waals surface area contributed by atoms with E-state index < -0.39 is 40.3 Å². The topological polar surface area (TPSA) is 117 Å². The second-order valence-corrected chi connectivity index (χ2v) is 11.4. The van der Waals surface area contributed by atoms with Crippen LogP contribution in [0.2, 0.25) is 0 Å². The highest BCUT2D eigenvalue weighted by molar-refractivity contribution is 7.89. The molecule has 0 saturated carbocycles. The van der Waals surface area contributed by atoms with Gasteiger partial charge in [0.25, 0.3) is 0 Å². The van der Waals surface area contributed by atoms with E-state index in [1.165, 1.54) is 0 Å². The second-order valence-electron chi connectivity index (χ2n) is 9.67. The van der Waals surface area contributed by atoms with Crippen molar-refractivity contribution in [2.75, 3.05) is 22.9 Å². The number of fused-ring (bicyclic) bond motifs is 2. The Balaban J connectivity index is 1.36. The number of rotatable bonds is 6. The number of anilines is 3. The van der Waals surface area contributed by atoms with Crippen LogP contribution in [0.25, 0.3) is 0 Å². The Hall–Kier alpha value is -4.40. The Kier molecular flexibility index (Phi) is 7.12. The Labute approximate surface area is 239 Å². The zero-order valence-corrected chi connectivity index (χ0v) is 22.5. The Morgan fingerprint density at radius 3 is 2.07 bits per heavy atom. The molecule has 10 nitrogen and oxygen atoms in total. The van der Waals surface area contributed by atoms with E-state index in [9.17, 15) is 26.7 Å². The van der Waals surface area contributed by atoms with Gasteiger partial charge in [0.15, 0.2) is 11.5 Å². The van der Waals surface area contributed by atoms with Gasteiger partial charge in [-0.25, -0.2) is 23.1 Å². The molecule has 1 aromatic heterocycles. The molecule has 3 atom stereocenters. The number of aliphatic hydroxyl groups excluding tert-OH is 1. The average molecular weight is 600 g/mol. The van der Waals surface area contributed by atoms with Crippen molar-refractivity contribution in [2.45, 2.75) is 29.4 Å². The quantitative estimate of drug-likeness (QED) is 0.336. The maximum atomic E-state index is 13.4. The van der Waals surface area contributed by atoms with E-state index in [0.717, 1.165) is 24.3 Å². The minimum atomic E-state index is -4.92. The highest BCUT2D eigenvalue weighted by Gasteiger charge is 2.44. The van der Waals surface area contributed by atoms with Gasteiger partial charge in [-0.15, -0.1) is 13.2 Å². The fourth-order valence-electron chi connectivity index (χ4n) is 5.16. The van der Waals surface area contributed by atoms with Gasteiger partial charge in [-0.2, -0.15) is 0 Å². The van der Waals surface area contributed by atoms with Gasteiger partial charge in [0.2, 0.25) is 16.0 Å². The number of hydrogen-bond donors (Lipinski definition) is 2. The van der Waals surface area contributed by atoms with Crippen molar-refractivity contribution >= 4 is 27.3 Å². The third-order valence-corrected chi connectivity index (χ3v) is 8.45. The molecule has 0 aliphatic carbocycles. The van der Waals surface area contributed by atoms with Crippen LogP contribution in [0, 0.1) is 0 Å². The summed E-state index contributed by atoms with van der Waals surface area (Å²) in [6.07, 6.45) is -3.04. The molecule has 0 radical (unpaired) electrons. The van der Waals surface area contributed by atoms with Crippen LogP contribution < -0.4 is 24.0 Å². The number of hydrogen-bond acceptors (Lipinski definition) is 9. The number of ether oxygens (including phenoxy) is 2. The van der Waals surface area contributed by atoms with Gasteiger partial charge in [0, 0.05) is 25.5 Å². The van der Waals surface area contributed by atoms with E-state index in [-0.39, 0.29) is 18.0 Å². The molecule has 0 unspecified atom stereocenters. The minimum absolute atomic E-state index is 0.0177. The van der Waals surface area contributed by atoms with Crippen LogP contribution in [0.5, 0.6) is 17.2 Å². The summed E-state index contributed by atoms with van der Waals surface area (Å²) >= 11 is 0. The number of sulfonamides is 1. The van der Waals surface area contributed by atoms with Gasteiger partial charge < -0.3 is 24.4 Å². The Bertz CT molecular complexity index is 1630. The lowest BCUT2D eigenvalue weighted by Gasteiger charge is -2.48. The van der Waals surface area contributed by atoms with Crippen LogP contribution in [0.4, 0.5) is 30.5 Å². The second kappa shape index (κ2) is 10.8. The van der Waals surface area contributed by atoms with E-state index in [1.54, 1.807) is 35.5 Å². The molecule has 2 aliphatic rings. The summed E-state index contributed by atoms with van der Waals surface area (Å²) in [7, 11) is -4.29. The normalized spacial score (nSPS) is 20.3. The average Bonchev–Trinajstić information content (AvgIpc) is 2.97. The lowest BCUT2D eigenvalue weighted by molar-refractivity contribution is -0.274. The predicted molar refractivity (Wildman–Crippen MR) is 146 cm³/mol. The van der Waals surface area contributed by atoms with Crippen molar-refractivity contribution in [1.82, 2.24) is 14.7 Å². The van der Waals surface area contributed by atoms with E-state index in [2.05, 4.69) is 19.4 Å². The Morgan fingerprint density at radius 1 is 0.881 bits per heavy atom. The largest absolute Gasteiger partial charge is 0.573 e. The molecule has 4 aromatic rings. The summed E-state index contributed by atoms with van der Waals surface area (Å²) in [6.45, 7) is 0.249. The maximum absolute atomic E-state index is 13.4. The van der Waals surface area contributed by atoms with Gasteiger partial charge in [-0.1, -0.05) is 24.3 Å². The first-order valence-corrected chi connectivity index (χ1v) is 14.3. The number of aromatic nitrogens is 2. The lowest BCUT2D eigenvalue weighted by atomic mass is 9.94. The predicted octanol–water partition coefficient (Wildman–Crippen LogP) is 4.22. The van der Waals surface area contributed by atoms with E-state index >= 15 is 0 Å². The molecule has 14 heteroatoms. The first-order valence-electron chi connectivity index (χ1n) is 12.8. The molecule has 0 bridgehead atoms. The number of halogens is 3. The first kappa shape index (κ1) is 27.8. The molecule has 6 rings (SSSR count). The number of benzene rings is 3. The smallest absolute Gasteiger partial charge is 0.453 e. The van der Waals surface area contributed by atoms with Gasteiger partial charge in [0.05, 0.1) is 34.5 Å². The molecule has 3 aromatic carbocycles. The highest BCUT2D eigenvalue weighted by atomic mass is 32.2. The van der Waals surface area contributed by atoms with Crippen molar-refractivity contribution in [1.29, 1.82) is 0 Å². The lowest BCUT2D eigenvalue weighted by Crippen LogP contribution is -2.65. The summed E-state index contributed by atoms with van der Waals surface area (Å²) in [6, 6.07) is 18.3. The SMILES string of the molecule is O=S(=O)(N[C@@H]1CN(c2ncccn2)C[C@H](N2c3ccccc3Oc3ccccc32)[C@H]1O)c1ccc(OC(F)(F)F)cc1. The molecular weight excluding hydrogens is 575 g/mol. The van der Waals surface area contributed by atoms with E-state index in [1.807, 2.05) is 41.3 Å². The van der Waals surface area contributed by atoms with E-state index in [4.69, 9.17) is 4.74 Å². The van der Waals surface area contributed by atoms with Gasteiger partial charge >= 0.3 is 6.36 Å². The molecule has 3 heterocycles. The molecule has 1 saturated heterocycles. The maximum Gasteiger partial charge on any atom is 0.573 e. The van der Waals surface area contributed by atoms with Crippen LogP contribution in [0.1, 0.15) is 0 Å². The van der Waals surface area contributed by atoms with Gasteiger partial charge in [-0.3, -0.25) is 0 Å². The Morgan fingerprint density at radius 2 is 1.48 bits per heavy atom. The van der Waals surface area contributed by atoms with Crippen molar-refractivity contribution in [3.63, 3.8) is 0 Å². The third kappa shape index (κ3) is 5.55. The molecule has 2 N–H and O–H groups in total. The number of aliphatic hydroxyl groups is 1. The third-order valence-electron chi connectivity index (χ3n) is 6.94. The van der Waals surface area contributed by atoms with E-state index in [0.29, 0.717) is 28.8 Å². The molecule has 218 valence electrons. The summed E-state index contributed by atoms with van der Waals surface area (Å²) in [4.78, 5) is 12.1. The summed E-state index contributed by atoms with van der Waals surface area (Å²) in [5.41, 5.74) is 1.36. The van der Waals surface area contributed by atoms with Crippen molar-refractivity contribution in [2.24, 2.45) is 0 Å². The number of para-hydroxylation sites is 4. The fourth-order valence-corrected chi connectivity index (χ4v) is 6.40. The molecule has 0 amide bonds. The van der Waals surface area contributed by atoms with Crippen LogP contribution in [0.15, 0.2) is 96.2 Å².